The lowest BCUT2D eigenvalue weighted by Gasteiger charge is -2.23. The monoisotopic (exact) mass is 258 g/mol. The van der Waals surface area contributed by atoms with Gasteiger partial charge in [-0.2, -0.15) is 4.98 Å². The average Bonchev–Trinajstić information content (AvgIpc) is 2.85. The van der Waals surface area contributed by atoms with Gasteiger partial charge < -0.3 is 14.7 Å². The Morgan fingerprint density at radius 2 is 2.21 bits per heavy atom. The molecule has 0 aliphatic carbocycles. The molecule has 0 saturated heterocycles. The molecule has 2 aromatic rings. The minimum Gasteiger partial charge on any atom is -0.337 e. The van der Waals surface area contributed by atoms with Gasteiger partial charge in [0.2, 0.25) is 5.89 Å². The third-order valence-electron chi connectivity index (χ3n) is 3.30. The van der Waals surface area contributed by atoms with Crippen molar-refractivity contribution in [1.29, 1.82) is 0 Å². The fourth-order valence-electron chi connectivity index (χ4n) is 2.46. The van der Waals surface area contributed by atoms with Crippen molar-refractivity contribution in [1.82, 2.24) is 20.4 Å². The van der Waals surface area contributed by atoms with Gasteiger partial charge >= 0.3 is 0 Å². The summed E-state index contributed by atoms with van der Waals surface area (Å²) in [6.45, 7) is 1.63. The Labute approximate surface area is 112 Å². The second kappa shape index (κ2) is 5.11. The van der Waals surface area contributed by atoms with Crippen LogP contribution in [0, 0.1) is 0 Å². The molecule has 2 heterocycles. The Morgan fingerprint density at radius 1 is 1.37 bits per heavy atom. The zero-order chi connectivity index (χ0) is 13.2. The predicted molar refractivity (Wildman–Crippen MR) is 71.7 cm³/mol. The van der Waals surface area contributed by atoms with Crippen molar-refractivity contribution < 1.29 is 4.52 Å². The van der Waals surface area contributed by atoms with Crippen molar-refractivity contribution in [3.8, 4) is 0 Å². The highest BCUT2D eigenvalue weighted by Crippen LogP contribution is 2.27. The van der Waals surface area contributed by atoms with E-state index in [2.05, 4.69) is 39.7 Å². The van der Waals surface area contributed by atoms with Gasteiger partial charge in [-0.25, -0.2) is 0 Å². The summed E-state index contributed by atoms with van der Waals surface area (Å²) in [5.41, 5.74) is 2.60. The number of rotatable bonds is 3. The van der Waals surface area contributed by atoms with E-state index in [1.807, 2.05) is 19.0 Å². The number of nitrogens with zero attached hydrogens (tertiary/aromatic N) is 3. The van der Waals surface area contributed by atoms with Gasteiger partial charge in [-0.05, 0) is 31.6 Å². The highest BCUT2D eigenvalue weighted by atomic mass is 16.5. The number of fused-ring (bicyclic) bond motifs is 1. The van der Waals surface area contributed by atoms with E-state index in [0.29, 0.717) is 12.4 Å². The molecule has 5 heteroatoms. The molecule has 0 spiro atoms. The summed E-state index contributed by atoms with van der Waals surface area (Å²) in [6.07, 6.45) is 1.05. The standard InChI is InChI=1S/C14H18N4O/c1-18(2)9-12-16-14(19-17-12)13-11-6-4-3-5-10(11)7-8-15-13/h3-6,13,15H,7-9H2,1-2H3. The highest BCUT2D eigenvalue weighted by Gasteiger charge is 2.25. The van der Waals surface area contributed by atoms with Crippen molar-refractivity contribution in [2.24, 2.45) is 0 Å². The quantitative estimate of drug-likeness (QED) is 0.901. The maximum Gasteiger partial charge on any atom is 0.248 e. The first kappa shape index (κ1) is 12.3. The molecule has 3 rings (SSSR count). The molecule has 1 aliphatic heterocycles. The van der Waals surface area contributed by atoms with Crippen LogP contribution in [-0.4, -0.2) is 35.7 Å². The van der Waals surface area contributed by atoms with Crippen LogP contribution in [0.4, 0.5) is 0 Å². The molecule has 1 atom stereocenters. The molecule has 0 bridgehead atoms. The fraction of sp³-hybridized carbons (Fsp3) is 0.429. The summed E-state index contributed by atoms with van der Waals surface area (Å²) in [5.74, 6) is 1.38. The van der Waals surface area contributed by atoms with Crippen LogP contribution >= 0.6 is 0 Å². The van der Waals surface area contributed by atoms with E-state index >= 15 is 0 Å². The fourth-order valence-corrected chi connectivity index (χ4v) is 2.46. The van der Waals surface area contributed by atoms with Gasteiger partial charge in [0.05, 0.1) is 6.54 Å². The molecular formula is C14H18N4O. The van der Waals surface area contributed by atoms with Crippen LogP contribution in [0.3, 0.4) is 0 Å². The van der Waals surface area contributed by atoms with Crippen molar-refractivity contribution in [2.75, 3.05) is 20.6 Å². The van der Waals surface area contributed by atoms with Crippen LogP contribution < -0.4 is 5.32 Å². The third kappa shape index (κ3) is 2.52. The maximum atomic E-state index is 5.41. The average molecular weight is 258 g/mol. The van der Waals surface area contributed by atoms with Crippen LogP contribution in [0.15, 0.2) is 28.8 Å². The van der Waals surface area contributed by atoms with Gasteiger partial charge in [0.1, 0.15) is 6.04 Å². The van der Waals surface area contributed by atoms with E-state index < -0.39 is 0 Å². The van der Waals surface area contributed by atoms with Crippen molar-refractivity contribution >= 4 is 0 Å². The van der Waals surface area contributed by atoms with Gasteiger partial charge in [0.15, 0.2) is 5.82 Å². The van der Waals surface area contributed by atoms with Gasteiger partial charge in [0, 0.05) is 6.54 Å². The molecule has 1 N–H and O–H groups in total. The molecule has 1 aliphatic rings. The van der Waals surface area contributed by atoms with Crippen molar-refractivity contribution in [3.05, 3.63) is 47.1 Å². The SMILES string of the molecule is CN(C)Cc1noc(C2NCCc3ccccc32)n1. The van der Waals surface area contributed by atoms with Gasteiger partial charge in [-0.15, -0.1) is 0 Å². The van der Waals surface area contributed by atoms with E-state index in [0.717, 1.165) is 18.8 Å². The largest absolute Gasteiger partial charge is 0.337 e. The second-order valence-corrected chi connectivity index (χ2v) is 5.12. The van der Waals surface area contributed by atoms with Gasteiger partial charge in [-0.1, -0.05) is 29.4 Å². The molecule has 1 aromatic heterocycles. The minimum atomic E-state index is 0.0216. The number of hydrogen-bond donors (Lipinski definition) is 1. The summed E-state index contributed by atoms with van der Waals surface area (Å²) < 4.78 is 5.41. The molecule has 0 fully saturated rings. The Bertz CT molecular complexity index is 564. The van der Waals surface area contributed by atoms with Crippen molar-refractivity contribution in [2.45, 2.75) is 19.0 Å². The lowest BCUT2D eigenvalue weighted by molar-refractivity contribution is 0.329. The number of hydrogen-bond acceptors (Lipinski definition) is 5. The highest BCUT2D eigenvalue weighted by molar-refractivity contribution is 5.35. The summed E-state index contributed by atoms with van der Waals surface area (Å²) in [6, 6.07) is 8.44. The van der Waals surface area contributed by atoms with E-state index in [-0.39, 0.29) is 6.04 Å². The third-order valence-corrected chi connectivity index (χ3v) is 3.30. The summed E-state index contributed by atoms with van der Waals surface area (Å²) in [4.78, 5) is 6.52. The first-order valence-corrected chi connectivity index (χ1v) is 6.52. The van der Waals surface area contributed by atoms with E-state index in [9.17, 15) is 0 Å². The summed E-state index contributed by atoms with van der Waals surface area (Å²) in [5, 5.41) is 7.49. The van der Waals surface area contributed by atoms with Crippen LogP contribution in [0.25, 0.3) is 0 Å². The molecule has 19 heavy (non-hydrogen) atoms. The Morgan fingerprint density at radius 3 is 3.05 bits per heavy atom. The van der Waals surface area contributed by atoms with Crippen LogP contribution in [0.2, 0.25) is 0 Å². The molecule has 0 radical (unpaired) electrons. The first-order valence-electron chi connectivity index (χ1n) is 6.52. The van der Waals surface area contributed by atoms with E-state index in [1.165, 1.54) is 11.1 Å². The summed E-state index contributed by atoms with van der Waals surface area (Å²) in [7, 11) is 3.98. The summed E-state index contributed by atoms with van der Waals surface area (Å²) >= 11 is 0. The number of aromatic nitrogens is 2. The van der Waals surface area contributed by atoms with Crippen LogP contribution in [0.5, 0.6) is 0 Å². The first-order chi connectivity index (χ1) is 9.24. The second-order valence-electron chi connectivity index (χ2n) is 5.12. The predicted octanol–water partition coefficient (Wildman–Crippen LogP) is 1.37. The minimum absolute atomic E-state index is 0.0216. The zero-order valence-corrected chi connectivity index (χ0v) is 11.3. The Hall–Kier alpha value is -1.72. The van der Waals surface area contributed by atoms with E-state index in [1.54, 1.807) is 0 Å². The molecule has 100 valence electrons. The Balaban J connectivity index is 1.89. The smallest absolute Gasteiger partial charge is 0.248 e. The molecule has 5 nitrogen and oxygen atoms in total. The topological polar surface area (TPSA) is 54.2 Å². The Kier molecular flexibility index (Phi) is 3.31. The molecular weight excluding hydrogens is 240 g/mol. The maximum absolute atomic E-state index is 5.41. The van der Waals surface area contributed by atoms with Gasteiger partial charge in [0.25, 0.3) is 0 Å². The molecule has 1 aromatic carbocycles. The van der Waals surface area contributed by atoms with Gasteiger partial charge in [-0.3, -0.25) is 0 Å². The number of benzene rings is 1. The molecule has 1 unspecified atom stereocenters. The van der Waals surface area contributed by atoms with Crippen LogP contribution in [0.1, 0.15) is 28.9 Å². The lowest BCUT2D eigenvalue weighted by atomic mass is 9.94. The van der Waals surface area contributed by atoms with Crippen molar-refractivity contribution in [3.63, 3.8) is 0 Å². The van der Waals surface area contributed by atoms with Crippen LogP contribution in [-0.2, 0) is 13.0 Å². The lowest BCUT2D eigenvalue weighted by Crippen LogP contribution is -2.30. The molecule has 0 saturated carbocycles. The van der Waals surface area contributed by atoms with E-state index in [4.69, 9.17) is 4.52 Å². The number of nitrogens with one attached hydrogen (secondary N) is 1. The molecule has 0 amide bonds. The normalized spacial score (nSPS) is 18.6. The zero-order valence-electron chi connectivity index (χ0n) is 11.3.